The number of urea groups is 1. The molecule has 3 nitrogen and oxygen atoms in total. The Bertz CT molecular complexity index is 691. The SMILES string of the molecule is C#CC1(C2CC2)c2cc(Cl)ccc2NC(=O)N1C#CC. The van der Waals surface area contributed by atoms with Crippen molar-refractivity contribution in [2.24, 2.45) is 5.92 Å². The molecule has 1 fully saturated rings. The largest absolute Gasteiger partial charge is 0.335 e. The Morgan fingerprint density at radius 2 is 2.25 bits per heavy atom. The van der Waals surface area contributed by atoms with Crippen molar-refractivity contribution >= 4 is 23.3 Å². The summed E-state index contributed by atoms with van der Waals surface area (Å²) < 4.78 is 0. The lowest BCUT2D eigenvalue weighted by atomic mass is 9.81. The summed E-state index contributed by atoms with van der Waals surface area (Å²) in [5.41, 5.74) is 0.765. The molecule has 0 aromatic heterocycles. The zero-order valence-corrected chi connectivity index (χ0v) is 11.8. The highest BCUT2D eigenvalue weighted by molar-refractivity contribution is 6.30. The standard InChI is InChI=1S/C16H13ClN2O/c1-3-9-19-15(20)18-14-8-7-12(17)10-13(14)16(19,4-2)11-5-6-11/h2,7-8,10-11H,5-6H2,1H3,(H,18,20). The summed E-state index contributed by atoms with van der Waals surface area (Å²) in [6.07, 6.45) is 7.83. The third-order valence-electron chi connectivity index (χ3n) is 3.80. The summed E-state index contributed by atoms with van der Waals surface area (Å²) in [5.74, 6) is 5.84. The summed E-state index contributed by atoms with van der Waals surface area (Å²) in [7, 11) is 0. The molecule has 4 heteroatoms. The molecule has 0 radical (unpaired) electrons. The van der Waals surface area contributed by atoms with Crippen molar-refractivity contribution in [1.29, 1.82) is 0 Å². The van der Waals surface area contributed by atoms with Gasteiger partial charge in [0.05, 0.1) is 0 Å². The minimum atomic E-state index is -0.814. The van der Waals surface area contributed by atoms with E-state index in [1.54, 1.807) is 19.1 Å². The second-order valence-corrected chi connectivity index (χ2v) is 5.44. The van der Waals surface area contributed by atoms with Crippen LogP contribution in [0.3, 0.4) is 0 Å². The highest BCUT2D eigenvalue weighted by atomic mass is 35.5. The average Bonchev–Trinajstić information content (AvgIpc) is 3.26. The van der Waals surface area contributed by atoms with Crippen LogP contribution < -0.4 is 5.32 Å². The molecule has 1 atom stereocenters. The van der Waals surface area contributed by atoms with E-state index in [0.29, 0.717) is 5.02 Å². The van der Waals surface area contributed by atoms with E-state index >= 15 is 0 Å². The fourth-order valence-corrected chi connectivity index (χ4v) is 2.98. The maximum absolute atomic E-state index is 12.3. The molecule has 1 heterocycles. The lowest BCUT2D eigenvalue weighted by Crippen LogP contribution is -2.53. The topological polar surface area (TPSA) is 32.3 Å². The van der Waals surface area contributed by atoms with Crippen LogP contribution in [0.5, 0.6) is 0 Å². The zero-order valence-electron chi connectivity index (χ0n) is 11.0. The molecule has 20 heavy (non-hydrogen) atoms. The van der Waals surface area contributed by atoms with Crippen molar-refractivity contribution in [2.75, 3.05) is 5.32 Å². The Labute approximate surface area is 123 Å². The van der Waals surface area contributed by atoms with Crippen LogP contribution >= 0.6 is 11.6 Å². The number of amides is 2. The van der Waals surface area contributed by atoms with E-state index in [9.17, 15) is 4.79 Å². The van der Waals surface area contributed by atoms with Crippen LogP contribution in [0.25, 0.3) is 0 Å². The van der Waals surface area contributed by atoms with Gasteiger partial charge in [0.1, 0.15) is 5.54 Å². The number of benzene rings is 1. The number of hydrogen-bond acceptors (Lipinski definition) is 1. The lowest BCUT2D eigenvalue weighted by molar-refractivity contribution is 0.183. The maximum atomic E-state index is 12.3. The van der Waals surface area contributed by atoms with Crippen LogP contribution in [0.15, 0.2) is 18.2 Å². The molecule has 1 aliphatic heterocycles. The summed E-state index contributed by atoms with van der Waals surface area (Å²) in [6.45, 7) is 1.69. The first kappa shape index (κ1) is 12.9. The Hall–Kier alpha value is -2.10. The van der Waals surface area contributed by atoms with Crippen molar-refractivity contribution in [1.82, 2.24) is 4.90 Å². The van der Waals surface area contributed by atoms with E-state index < -0.39 is 5.54 Å². The van der Waals surface area contributed by atoms with Gasteiger partial charge in [-0.2, -0.15) is 0 Å². The minimum Gasteiger partial charge on any atom is -0.307 e. The number of fused-ring (bicyclic) bond motifs is 1. The molecule has 1 aromatic rings. The molecule has 1 aliphatic carbocycles. The van der Waals surface area contributed by atoms with Gasteiger partial charge in [0, 0.05) is 22.3 Å². The number of rotatable bonds is 1. The van der Waals surface area contributed by atoms with Gasteiger partial charge in [-0.1, -0.05) is 23.4 Å². The average molecular weight is 285 g/mol. The summed E-state index contributed by atoms with van der Waals surface area (Å²) >= 11 is 6.11. The molecule has 1 aromatic carbocycles. The predicted octanol–water partition coefficient (Wildman–Crippen LogP) is 3.41. The second-order valence-electron chi connectivity index (χ2n) is 5.00. The van der Waals surface area contributed by atoms with E-state index in [-0.39, 0.29) is 11.9 Å². The van der Waals surface area contributed by atoms with Gasteiger partial charge in [-0.05, 0) is 43.9 Å². The molecule has 1 unspecified atom stereocenters. The van der Waals surface area contributed by atoms with Gasteiger partial charge >= 0.3 is 6.03 Å². The van der Waals surface area contributed by atoms with Crippen molar-refractivity contribution in [3.05, 3.63) is 28.8 Å². The number of terminal acetylenes is 1. The first-order valence-electron chi connectivity index (χ1n) is 6.45. The molecular formula is C16H13ClN2O. The van der Waals surface area contributed by atoms with Crippen LogP contribution in [0.2, 0.25) is 5.02 Å². The highest BCUT2D eigenvalue weighted by Gasteiger charge is 2.54. The molecule has 3 rings (SSSR count). The number of anilines is 1. The number of carbonyl (C=O) groups excluding carboxylic acids is 1. The van der Waals surface area contributed by atoms with E-state index in [1.165, 1.54) is 4.90 Å². The second kappa shape index (κ2) is 4.47. The molecule has 0 spiro atoms. The summed E-state index contributed by atoms with van der Waals surface area (Å²) in [4.78, 5) is 13.8. The van der Waals surface area contributed by atoms with Gasteiger partial charge < -0.3 is 5.32 Å². The smallest absolute Gasteiger partial charge is 0.307 e. The number of halogens is 1. The fourth-order valence-electron chi connectivity index (χ4n) is 2.81. The van der Waals surface area contributed by atoms with Gasteiger partial charge in [-0.3, -0.25) is 0 Å². The van der Waals surface area contributed by atoms with Crippen LogP contribution in [0, 0.1) is 30.2 Å². The molecule has 2 amide bonds. The Morgan fingerprint density at radius 1 is 1.50 bits per heavy atom. The third kappa shape index (κ3) is 1.68. The van der Waals surface area contributed by atoms with Crippen LogP contribution in [-0.4, -0.2) is 10.9 Å². The van der Waals surface area contributed by atoms with Gasteiger partial charge in [0.2, 0.25) is 0 Å². The fraction of sp³-hybridized carbons (Fsp3) is 0.312. The Kier molecular flexibility index (Phi) is 2.89. The normalized spacial score (nSPS) is 24.1. The minimum absolute atomic E-state index is 0.233. The first-order valence-corrected chi connectivity index (χ1v) is 6.82. The number of carbonyl (C=O) groups is 1. The predicted molar refractivity (Wildman–Crippen MR) is 79.0 cm³/mol. The van der Waals surface area contributed by atoms with Crippen molar-refractivity contribution in [3.63, 3.8) is 0 Å². The number of nitrogens with one attached hydrogen (secondary N) is 1. The molecule has 0 bridgehead atoms. The molecule has 2 aliphatic rings. The summed E-state index contributed by atoms with van der Waals surface area (Å²) in [6, 6.07) is 7.94. The van der Waals surface area contributed by atoms with Crippen molar-refractivity contribution in [3.8, 4) is 24.3 Å². The number of hydrogen-bond donors (Lipinski definition) is 1. The van der Waals surface area contributed by atoms with Crippen LogP contribution in [0.4, 0.5) is 10.5 Å². The van der Waals surface area contributed by atoms with Gasteiger partial charge in [0.15, 0.2) is 0 Å². The van der Waals surface area contributed by atoms with Crippen LogP contribution in [-0.2, 0) is 5.54 Å². The van der Waals surface area contributed by atoms with E-state index in [4.69, 9.17) is 18.0 Å². The van der Waals surface area contributed by atoms with Crippen LogP contribution in [0.1, 0.15) is 25.3 Å². The number of nitrogens with zero attached hydrogens (tertiary/aromatic N) is 1. The zero-order chi connectivity index (χ0) is 14.3. The van der Waals surface area contributed by atoms with E-state index in [2.05, 4.69) is 23.2 Å². The third-order valence-corrected chi connectivity index (χ3v) is 4.04. The van der Waals surface area contributed by atoms with Gasteiger partial charge in [0.25, 0.3) is 0 Å². The molecule has 1 N–H and O–H groups in total. The van der Waals surface area contributed by atoms with Crippen molar-refractivity contribution in [2.45, 2.75) is 25.3 Å². The molecule has 100 valence electrons. The lowest BCUT2D eigenvalue weighted by Gasteiger charge is -2.42. The van der Waals surface area contributed by atoms with Crippen molar-refractivity contribution < 1.29 is 4.79 Å². The quantitative estimate of drug-likeness (QED) is 0.788. The molecule has 1 saturated carbocycles. The van der Waals surface area contributed by atoms with Gasteiger partial charge in [-0.15, -0.1) is 6.42 Å². The highest BCUT2D eigenvalue weighted by Crippen LogP contribution is 2.53. The van der Waals surface area contributed by atoms with E-state index in [1.807, 2.05) is 6.07 Å². The maximum Gasteiger partial charge on any atom is 0.335 e. The molecule has 0 saturated heterocycles. The first-order chi connectivity index (χ1) is 9.63. The summed E-state index contributed by atoms with van der Waals surface area (Å²) in [5, 5.41) is 3.43. The van der Waals surface area contributed by atoms with E-state index in [0.717, 1.165) is 24.1 Å². The monoisotopic (exact) mass is 284 g/mol. The van der Waals surface area contributed by atoms with Gasteiger partial charge in [-0.25, -0.2) is 9.69 Å². The Balaban J connectivity index is 2.28. The Morgan fingerprint density at radius 3 is 2.85 bits per heavy atom. The molecular weight excluding hydrogens is 272 g/mol.